The van der Waals surface area contributed by atoms with Gasteiger partial charge in [0.15, 0.2) is 0 Å². The van der Waals surface area contributed by atoms with Crippen molar-refractivity contribution in [2.45, 2.75) is 82.2 Å². The van der Waals surface area contributed by atoms with Gasteiger partial charge in [-0.3, -0.25) is 10.1 Å². The molecule has 0 aromatic carbocycles. The topological polar surface area (TPSA) is 70.2 Å². The molecule has 5 heteroatoms. The highest BCUT2D eigenvalue weighted by Gasteiger charge is 2.50. The van der Waals surface area contributed by atoms with Crippen molar-refractivity contribution in [1.29, 1.82) is 0 Å². The van der Waals surface area contributed by atoms with E-state index < -0.39 is 0 Å². The maximum atomic E-state index is 12.2. The molecule has 0 aromatic rings. The predicted octanol–water partition coefficient (Wildman–Crippen LogP) is 2.70. The van der Waals surface area contributed by atoms with Gasteiger partial charge in [0.05, 0.1) is 6.54 Å². The fourth-order valence-corrected chi connectivity index (χ4v) is 6.23. The summed E-state index contributed by atoms with van der Waals surface area (Å²) in [5.41, 5.74) is 0.173. The molecule has 5 fully saturated rings. The van der Waals surface area contributed by atoms with Gasteiger partial charge in [0.2, 0.25) is 5.91 Å². The average molecular weight is 333 g/mol. The van der Waals surface area contributed by atoms with Crippen LogP contribution in [0.5, 0.6) is 0 Å². The number of hydrogen-bond donors (Lipinski definition) is 3. The van der Waals surface area contributed by atoms with Crippen molar-refractivity contribution in [1.82, 2.24) is 16.0 Å². The lowest BCUT2D eigenvalue weighted by molar-refractivity contribution is -0.120. The van der Waals surface area contributed by atoms with E-state index in [1.165, 1.54) is 57.8 Å². The smallest absolute Gasteiger partial charge is 0.321 e. The SMILES string of the molecule is O=C(CNC12CC3CC(CC(C3)C1)C2)NC(=O)NC1CCCCC1. The summed E-state index contributed by atoms with van der Waals surface area (Å²) < 4.78 is 0. The molecule has 0 aliphatic heterocycles. The Balaban J connectivity index is 1.22. The van der Waals surface area contributed by atoms with Crippen molar-refractivity contribution in [3.63, 3.8) is 0 Å². The van der Waals surface area contributed by atoms with Crippen molar-refractivity contribution >= 4 is 11.9 Å². The number of amides is 3. The summed E-state index contributed by atoms with van der Waals surface area (Å²) in [6, 6.07) is -0.0816. The third-order valence-corrected chi connectivity index (χ3v) is 6.86. The normalized spacial score (nSPS) is 38.1. The van der Waals surface area contributed by atoms with E-state index in [2.05, 4.69) is 16.0 Å². The van der Waals surface area contributed by atoms with Gasteiger partial charge < -0.3 is 10.6 Å². The maximum Gasteiger partial charge on any atom is 0.321 e. The Kier molecular flexibility index (Phi) is 4.54. The Labute approximate surface area is 144 Å². The number of urea groups is 1. The number of rotatable bonds is 4. The van der Waals surface area contributed by atoms with E-state index in [4.69, 9.17) is 0 Å². The van der Waals surface area contributed by atoms with Gasteiger partial charge in [0.1, 0.15) is 0 Å². The zero-order valence-electron chi connectivity index (χ0n) is 14.6. The summed E-state index contributed by atoms with van der Waals surface area (Å²) >= 11 is 0. The second kappa shape index (κ2) is 6.66. The lowest BCUT2D eigenvalue weighted by Gasteiger charge is -2.57. The van der Waals surface area contributed by atoms with Crippen LogP contribution in [0.4, 0.5) is 4.79 Å². The van der Waals surface area contributed by atoms with Crippen LogP contribution < -0.4 is 16.0 Å². The van der Waals surface area contributed by atoms with E-state index >= 15 is 0 Å². The van der Waals surface area contributed by atoms with E-state index in [0.717, 1.165) is 30.6 Å². The summed E-state index contributed by atoms with van der Waals surface area (Å²) in [6.07, 6.45) is 13.5. The van der Waals surface area contributed by atoms with Crippen LogP contribution in [0.15, 0.2) is 0 Å². The van der Waals surface area contributed by atoms with Crippen molar-refractivity contribution in [3.8, 4) is 0 Å². The Bertz CT molecular complexity index is 464. The Morgan fingerprint density at radius 3 is 2.04 bits per heavy atom. The molecule has 0 unspecified atom stereocenters. The molecule has 0 heterocycles. The highest BCUT2D eigenvalue weighted by Crippen LogP contribution is 2.55. The Morgan fingerprint density at radius 2 is 1.46 bits per heavy atom. The monoisotopic (exact) mass is 333 g/mol. The molecule has 3 amide bonds. The molecule has 0 radical (unpaired) electrons. The molecule has 5 aliphatic carbocycles. The van der Waals surface area contributed by atoms with Crippen LogP contribution in [0.1, 0.15) is 70.6 Å². The summed E-state index contributed by atoms with van der Waals surface area (Å²) in [7, 11) is 0. The lowest BCUT2D eigenvalue weighted by atomic mass is 9.53. The molecule has 5 nitrogen and oxygen atoms in total. The minimum absolute atomic E-state index is 0.173. The Morgan fingerprint density at radius 1 is 0.875 bits per heavy atom. The minimum atomic E-state index is -0.320. The summed E-state index contributed by atoms with van der Waals surface area (Å²) in [6.45, 7) is 0.268. The second-order valence-electron chi connectivity index (χ2n) is 8.91. The minimum Gasteiger partial charge on any atom is -0.335 e. The zero-order chi connectivity index (χ0) is 16.6. The van der Waals surface area contributed by atoms with E-state index in [1.54, 1.807) is 0 Å². The molecule has 5 saturated carbocycles. The number of hydrogen-bond acceptors (Lipinski definition) is 3. The van der Waals surface area contributed by atoms with Crippen LogP contribution in [0, 0.1) is 17.8 Å². The molecule has 0 atom stereocenters. The van der Waals surface area contributed by atoms with Gasteiger partial charge in [0.25, 0.3) is 0 Å². The van der Waals surface area contributed by atoms with Crippen LogP contribution in [-0.2, 0) is 4.79 Å². The van der Waals surface area contributed by atoms with Gasteiger partial charge in [-0.25, -0.2) is 4.79 Å². The first-order valence-corrected chi connectivity index (χ1v) is 9.96. The average Bonchev–Trinajstić information content (AvgIpc) is 2.53. The summed E-state index contributed by atoms with van der Waals surface area (Å²) in [4.78, 5) is 24.1. The van der Waals surface area contributed by atoms with Crippen molar-refractivity contribution in [3.05, 3.63) is 0 Å². The fourth-order valence-electron chi connectivity index (χ4n) is 6.23. The van der Waals surface area contributed by atoms with Gasteiger partial charge >= 0.3 is 6.03 Å². The maximum absolute atomic E-state index is 12.2. The lowest BCUT2D eigenvalue weighted by Crippen LogP contribution is -2.60. The molecule has 5 aliphatic rings. The molecule has 4 bridgehead atoms. The molecule has 134 valence electrons. The van der Waals surface area contributed by atoms with E-state index in [-0.39, 0.29) is 30.1 Å². The van der Waals surface area contributed by atoms with Gasteiger partial charge in [0, 0.05) is 11.6 Å². The molecular weight excluding hydrogens is 302 g/mol. The van der Waals surface area contributed by atoms with Crippen LogP contribution in [0.2, 0.25) is 0 Å². The number of carbonyl (C=O) groups is 2. The third kappa shape index (κ3) is 3.61. The van der Waals surface area contributed by atoms with E-state index in [1.807, 2.05) is 0 Å². The first-order valence-electron chi connectivity index (χ1n) is 9.96. The third-order valence-electron chi connectivity index (χ3n) is 6.86. The zero-order valence-corrected chi connectivity index (χ0v) is 14.6. The standard InChI is InChI=1S/C19H31N3O2/c23-17(22-18(24)21-16-4-2-1-3-5-16)12-20-19-9-13-6-14(10-19)8-15(7-13)11-19/h13-16,20H,1-12H2,(H2,21,22,23,24). The first-order chi connectivity index (χ1) is 11.6. The highest BCUT2D eigenvalue weighted by atomic mass is 16.2. The van der Waals surface area contributed by atoms with Crippen LogP contribution in [0.3, 0.4) is 0 Å². The fraction of sp³-hybridized carbons (Fsp3) is 0.895. The van der Waals surface area contributed by atoms with E-state index in [0.29, 0.717) is 0 Å². The van der Waals surface area contributed by atoms with Gasteiger partial charge in [-0.2, -0.15) is 0 Å². The number of nitrogens with one attached hydrogen (secondary N) is 3. The molecule has 3 N–H and O–H groups in total. The molecular formula is C19H31N3O2. The van der Waals surface area contributed by atoms with Gasteiger partial charge in [-0.1, -0.05) is 19.3 Å². The highest BCUT2D eigenvalue weighted by molar-refractivity contribution is 5.95. The summed E-state index contributed by atoms with van der Waals surface area (Å²) in [5.74, 6) is 2.39. The van der Waals surface area contributed by atoms with E-state index in [9.17, 15) is 9.59 Å². The molecule has 0 spiro atoms. The number of carbonyl (C=O) groups excluding carboxylic acids is 2. The van der Waals surface area contributed by atoms with Crippen molar-refractivity contribution in [2.24, 2.45) is 17.8 Å². The van der Waals surface area contributed by atoms with Crippen LogP contribution in [0.25, 0.3) is 0 Å². The second-order valence-corrected chi connectivity index (χ2v) is 8.91. The molecule has 24 heavy (non-hydrogen) atoms. The molecule has 0 saturated heterocycles. The predicted molar refractivity (Wildman–Crippen MR) is 92.5 cm³/mol. The quantitative estimate of drug-likeness (QED) is 0.741. The Hall–Kier alpha value is -1.10. The number of imide groups is 1. The van der Waals surface area contributed by atoms with Crippen LogP contribution in [-0.4, -0.2) is 30.1 Å². The first kappa shape index (κ1) is 16.4. The largest absolute Gasteiger partial charge is 0.335 e. The molecule has 5 rings (SSSR count). The molecule has 0 aromatic heterocycles. The van der Waals surface area contributed by atoms with Crippen molar-refractivity contribution in [2.75, 3.05) is 6.54 Å². The van der Waals surface area contributed by atoms with Gasteiger partial charge in [-0.05, 0) is 69.1 Å². The van der Waals surface area contributed by atoms with Gasteiger partial charge in [-0.15, -0.1) is 0 Å². The van der Waals surface area contributed by atoms with Crippen LogP contribution >= 0.6 is 0 Å². The van der Waals surface area contributed by atoms with Crippen molar-refractivity contribution < 1.29 is 9.59 Å². The summed E-state index contributed by atoms with van der Waals surface area (Å²) in [5, 5.41) is 9.00.